The van der Waals surface area contributed by atoms with E-state index in [1.807, 2.05) is 24.3 Å². The second kappa shape index (κ2) is 8.22. The molecule has 0 bridgehead atoms. The van der Waals surface area contributed by atoms with Gasteiger partial charge >= 0.3 is 5.97 Å². The van der Waals surface area contributed by atoms with Crippen molar-refractivity contribution in [3.63, 3.8) is 0 Å². The van der Waals surface area contributed by atoms with Crippen LogP contribution in [0.2, 0.25) is 0 Å². The molecule has 1 saturated heterocycles. The van der Waals surface area contributed by atoms with Gasteiger partial charge in [-0.25, -0.2) is 4.79 Å². The fourth-order valence-corrected chi connectivity index (χ4v) is 4.40. The highest BCUT2D eigenvalue weighted by Gasteiger charge is 2.19. The van der Waals surface area contributed by atoms with Gasteiger partial charge in [0.15, 0.2) is 5.82 Å². The van der Waals surface area contributed by atoms with Crippen LogP contribution in [0.25, 0.3) is 10.2 Å². The molecular formula is C20H23N5O3S. The number of hydrogen-bond acceptors (Lipinski definition) is 7. The van der Waals surface area contributed by atoms with Crippen molar-refractivity contribution in [1.82, 2.24) is 15.1 Å². The summed E-state index contributed by atoms with van der Waals surface area (Å²) in [6.07, 6.45) is 0. The number of carbonyl (C=O) groups is 2. The molecule has 3 heterocycles. The van der Waals surface area contributed by atoms with E-state index in [1.165, 1.54) is 18.4 Å². The van der Waals surface area contributed by atoms with E-state index in [0.29, 0.717) is 26.5 Å². The van der Waals surface area contributed by atoms with Crippen LogP contribution in [0.3, 0.4) is 0 Å². The van der Waals surface area contributed by atoms with Gasteiger partial charge in [0.1, 0.15) is 4.88 Å². The first kappa shape index (κ1) is 19.4. The fourth-order valence-electron chi connectivity index (χ4n) is 3.43. The number of fused-ring (bicyclic) bond motifs is 1. The van der Waals surface area contributed by atoms with E-state index in [9.17, 15) is 9.59 Å². The molecule has 0 spiro atoms. The number of H-pyrrole nitrogens is 1. The number of likely N-dealkylation sites (N-methyl/N-ethyl adjacent to an activating group) is 1. The number of thiophene rings is 1. The molecule has 3 aromatic rings. The molecule has 0 radical (unpaired) electrons. The van der Waals surface area contributed by atoms with E-state index < -0.39 is 5.97 Å². The van der Waals surface area contributed by atoms with Gasteiger partial charge in [0, 0.05) is 37.4 Å². The zero-order chi connectivity index (χ0) is 20.4. The van der Waals surface area contributed by atoms with Crippen molar-refractivity contribution in [2.45, 2.75) is 6.92 Å². The van der Waals surface area contributed by atoms with Gasteiger partial charge in [0.25, 0.3) is 5.91 Å². The number of nitrogens with one attached hydrogen (secondary N) is 2. The minimum absolute atomic E-state index is 0.242. The Morgan fingerprint density at radius 1 is 1.21 bits per heavy atom. The molecule has 8 nitrogen and oxygen atoms in total. The lowest BCUT2D eigenvalue weighted by atomic mass is 10.1. The summed E-state index contributed by atoms with van der Waals surface area (Å²) in [6, 6.07) is 9.29. The maximum Gasteiger partial charge on any atom is 0.348 e. The molecular weight excluding hydrogens is 390 g/mol. The summed E-state index contributed by atoms with van der Waals surface area (Å²) >= 11 is 1.23. The number of benzene rings is 1. The third kappa shape index (κ3) is 3.96. The van der Waals surface area contributed by atoms with Gasteiger partial charge in [0.05, 0.1) is 17.3 Å². The summed E-state index contributed by atoms with van der Waals surface area (Å²) in [5, 5.41) is 9.79. The number of nitrogens with zero attached hydrogens (tertiary/aromatic N) is 3. The number of methoxy groups -OCH3 is 1. The Hall–Kier alpha value is -2.91. The van der Waals surface area contributed by atoms with Crippen LogP contribution in [0, 0.1) is 0 Å². The van der Waals surface area contributed by atoms with Crippen LogP contribution >= 0.6 is 11.3 Å². The highest BCUT2D eigenvalue weighted by Crippen LogP contribution is 2.30. The zero-order valence-corrected chi connectivity index (χ0v) is 17.2. The van der Waals surface area contributed by atoms with Crippen molar-refractivity contribution >= 4 is 44.9 Å². The molecule has 0 atom stereocenters. The zero-order valence-electron chi connectivity index (χ0n) is 16.4. The highest BCUT2D eigenvalue weighted by molar-refractivity contribution is 7.21. The van der Waals surface area contributed by atoms with Gasteiger partial charge in [-0.05, 0) is 36.9 Å². The molecule has 1 amide bonds. The molecule has 0 unspecified atom stereocenters. The number of esters is 1. The fraction of sp³-hybridized carbons (Fsp3) is 0.350. The highest BCUT2D eigenvalue weighted by atomic mass is 32.1. The van der Waals surface area contributed by atoms with Gasteiger partial charge in [-0.2, -0.15) is 5.10 Å². The number of aromatic amines is 1. The Morgan fingerprint density at radius 3 is 2.59 bits per heavy atom. The Bertz CT molecular complexity index is 1020. The lowest BCUT2D eigenvalue weighted by molar-refractivity contribution is 0.0606. The molecule has 152 valence electrons. The summed E-state index contributed by atoms with van der Waals surface area (Å²) < 4.78 is 5.45. The van der Waals surface area contributed by atoms with E-state index in [-0.39, 0.29) is 5.91 Å². The van der Waals surface area contributed by atoms with Crippen molar-refractivity contribution in [3.8, 4) is 0 Å². The first-order valence-electron chi connectivity index (χ1n) is 9.54. The van der Waals surface area contributed by atoms with Crippen molar-refractivity contribution in [2.24, 2.45) is 0 Å². The standard InChI is InChI=1S/C20H23N5O3S/c1-3-24-8-10-25(11-9-24)14-6-4-13(5-7-14)19(26)21-18-17-15(22-23-18)12-16(29-17)20(27)28-2/h4-7,12H,3,8-11H2,1-2H3,(H2,21,22,23,26). The topological polar surface area (TPSA) is 90.6 Å². The van der Waals surface area contributed by atoms with Crippen LogP contribution in [-0.4, -0.2) is 66.8 Å². The molecule has 2 aromatic heterocycles. The van der Waals surface area contributed by atoms with Gasteiger partial charge in [-0.3, -0.25) is 9.89 Å². The van der Waals surface area contributed by atoms with E-state index in [2.05, 4.69) is 32.2 Å². The summed E-state index contributed by atoms with van der Waals surface area (Å²) in [5.41, 5.74) is 2.37. The Labute approximate surface area is 172 Å². The summed E-state index contributed by atoms with van der Waals surface area (Å²) in [7, 11) is 1.34. The minimum atomic E-state index is -0.410. The van der Waals surface area contributed by atoms with E-state index in [1.54, 1.807) is 6.07 Å². The maximum absolute atomic E-state index is 12.6. The second-order valence-corrected chi connectivity index (χ2v) is 7.89. The van der Waals surface area contributed by atoms with Gasteiger partial charge in [0.2, 0.25) is 0 Å². The summed E-state index contributed by atoms with van der Waals surface area (Å²) in [6.45, 7) is 7.36. The summed E-state index contributed by atoms with van der Waals surface area (Å²) in [5.74, 6) is -0.245. The average molecular weight is 414 g/mol. The molecule has 0 aliphatic carbocycles. The first-order valence-corrected chi connectivity index (χ1v) is 10.4. The maximum atomic E-state index is 12.6. The minimum Gasteiger partial charge on any atom is -0.465 e. The Morgan fingerprint density at radius 2 is 1.93 bits per heavy atom. The monoisotopic (exact) mass is 413 g/mol. The number of ether oxygens (including phenoxy) is 1. The summed E-state index contributed by atoms with van der Waals surface area (Å²) in [4.78, 5) is 29.6. The molecule has 2 N–H and O–H groups in total. The van der Waals surface area contributed by atoms with Gasteiger partial charge < -0.3 is 19.9 Å². The van der Waals surface area contributed by atoms with Crippen LogP contribution in [-0.2, 0) is 4.74 Å². The average Bonchev–Trinajstić information content (AvgIpc) is 3.35. The molecule has 1 aliphatic rings. The Balaban J connectivity index is 1.44. The number of rotatable bonds is 5. The third-order valence-electron chi connectivity index (χ3n) is 5.17. The quantitative estimate of drug-likeness (QED) is 0.625. The Kier molecular flexibility index (Phi) is 5.50. The molecule has 4 rings (SSSR count). The smallest absolute Gasteiger partial charge is 0.348 e. The lowest BCUT2D eigenvalue weighted by Crippen LogP contribution is -2.46. The van der Waals surface area contributed by atoms with Crippen molar-refractivity contribution in [1.29, 1.82) is 0 Å². The van der Waals surface area contributed by atoms with Gasteiger partial charge in [-0.1, -0.05) is 6.92 Å². The molecule has 1 aromatic carbocycles. The molecule has 1 aliphatic heterocycles. The second-order valence-electron chi connectivity index (χ2n) is 6.84. The first-order chi connectivity index (χ1) is 14.1. The van der Waals surface area contributed by atoms with Crippen LogP contribution < -0.4 is 10.2 Å². The number of anilines is 2. The number of amides is 1. The van der Waals surface area contributed by atoms with Gasteiger partial charge in [-0.15, -0.1) is 11.3 Å². The van der Waals surface area contributed by atoms with Crippen molar-refractivity contribution in [3.05, 3.63) is 40.8 Å². The van der Waals surface area contributed by atoms with E-state index in [0.717, 1.165) is 38.4 Å². The predicted molar refractivity (Wildman–Crippen MR) is 114 cm³/mol. The third-order valence-corrected chi connectivity index (χ3v) is 6.29. The van der Waals surface area contributed by atoms with Crippen molar-refractivity contribution < 1.29 is 14.3 Å². The molecule has 29 heavy (non-hydrogen) atoms. The van der Waals surface area contributed by atoms with Crippen LogP contribution in [0.1, 0.15) is 27.0 Å². The molecule has 9 heteroatoms. The van der Waals surface area contributed by atoms with Crippen LogP contribution in [0.15, 0.2) is 30.3 Å². The van der Waals surface area contributed by atoms with Crippen LogP contribution in [0.4, 0.5) is 11.5 Å². The van der Waals surface area contributed by atoms with E-state index in [4.69, 9.17) is 4.74 Å². The van der Waals surface area contributed by atoms with Crippen LogP contribution in [0.5, 0.6) is 0 Å². The number of piperazine rings is 1. The largest absolute Gasteiger partial charge is 0.465 e. The SMILES string of the molecule is CCN1CCN(c2ccc(C(=O)Nc3n[nH]c4cc(C(=O)OC)sc34)cc2)CC1. The number of hydrogen-bond donors (Lipinski definition) is 2. The lowest BCUT2D eigenvalue weighted by Gasteiger charge is -2.35. The molecule has 1 fully saturated rings. The number of aromatic nitrogens is 2. The normalized spacial score (nSPS) is 14.9. The number of carbonyl (C=O) groups excluding carboxylic acids is 2. The van der Waals surface area contributed by atoms with Crippen molar-refractivity contribution in [2.75, 3.05) is 50.1 Å². The van der Waals surface area contributed by atoms with E-state index >= 15 is 0 Å². The predicted octanol–water partition coefficient (Wildman–Crippen LogP) is 2.81. The molecule has 0 saturated carbocycles.